The summed E-state index contributed by atoms with van der Waals surface area (Å²) in [6.07, 6.45) is 0.968. The van der Waals surface area contributed by atoms with E-state index in [0.717, 1.165) is 23.2 Å². The van der Waals surface area contributed by atoms with Gasteiger partial charge in [-0.1, -0.05) is 6.92 Å². The van der Waals surface area contributed by atoms with Gasteiger partial charge in [0.05, 0.1) is 0 Å². The molecule has 1 aromatic heterocycles. The van der Waals surface area contributed by atoms with E-state index < -0.39 is 0 Å². The van der Waals surface area contributed by atoms with Crippen molar-refractivity contribution in [2.75, 3.05) is 0 Å². The number of H-pyrrole nitrogens is 1. The Morgan fingerprint density at radius 2 is 2.18 bits per heavy atom. The van der Waals surface area contributed by atoms with Gasteiger partial charge in [-0.05, 0) is 25.5 Å². The van der Waals surface area contributed by atoms with Gasteiger partial charge in [-0.3, -0.25) is 0 Å². The van der Waals surface area contributed by atoms with Crippen molar-refractivity contribution in [2.24, 2.45) is 0 Å². The lowest BCUT2D eigenvalue weighted by molar-refractivity contribution is -0.108. The zero-order valence-electron chi connectivity index (χ0n) is 7.14. The number of rotatable bonds is 2. The summed E-state index contributed by atoms with van der Waals surface area (Å²) in [5.74, 6) is 0.0138. The molecule has 0 bridgehead atoms. The summed E-state index contributed by atoms with van der Waals surface area (Å²) in [4.78, 5) is 13.6. The summed E-state index contributed by atoms with van der Waals surface area (Å²) in [5.41, 5.74) is 3.32. The lowest BCUT2D eigenvalue weighted by Crippen LogP contribution is -1.93. The molecule has 0 aliphatic rings. The Hall–Kier alpha value is -1.05. The minimum absolute atomic E-state index is 0.0138. The van der Waals surface area contributed by atoms with E-state index in [4.69, 9.17) is 0 Å². The number of aryl methyl sites for hydroxylation is 2. The van der Waals surface area contributed by atoms with Crippen molar-refractivity contribution < 1.29 is 4.79 Å². The highest BCUT2D eigenvalue weighted by molar-refractivity contribution is 5.62. The van der Waals surface area contributed by atoms with Crippen molar-refractivity contribution in [1.29, 1.82) is 0 Å². The van der Waals surface area contributed by atoms with E-state index in [1.54, 1.807) is 0 Å². The first-order valence-electron chi connectivity index (χ1n) is 3.76. The molecule has 0 amide bonds. The Morgan fingerprint density at radius 3 is 2.55 bits per heavy atom. The van der Waals surface area contributed by atoms with E-state index in [-0.39, 0.29) is 5.92 Å². The predicted octanol–water partition coefficient (Wildman–Crippen LogP) is 1.93. The van der Waals surface area contributed by atoms with Crippen LogP contribution in [0.25, 0.3) is 0 Å². The Kier molecular flexibility index (Phi) is 2.13. The summed E-state index contributed by atoms with van der Waals surface area (Å²) in [5, 5.41) is 0. The third-order valence-electron chi connectivity index (χ3n) is 1.88. The third kappa shape index (κ3) is 1.50. The highest BCUT2D eigenvalue weighted by atomic mass is 16.1. The first-order valence-corrected chi connectivity index (χ1v) is 3.76. The normalized spacial score (nSPS) is 13.0. The molecule has 2 nitrogen and oxygen atoms in total. The van der Waals surface area contributed by atoms with Crippen LogP contribution < -0.4 is 0 Å². The van der Waals surface area contributed by atoms with Crippen LogP contribution in [0.2, 0.25) is 0 Å². The largest absolute Gasteiger partial charge is 0.362 e. The molecule has 1 rings (SSSR count). The molecular formula is C9H13NO. The Balaban J connectivity index is 3.02. The molecule has 0 aliphatic carbocycles. The van der Waals surface area contributed by atoms with Crippen LogP contribution in [0.5, 0.6) is 0 Å². The highest BCUT2D eigenvalue weighted by Gasteiger charge is 2.08. The number of aldehydes is 1. The van der Waals surface area contributed by atoms with Crippen LogP contribution in [0, 0.1) is 13.8 Å². The standard InChI is InChI=1S/C9H13NO/c1-6(5-11)9-4-7(2)10-8(9)3/h4-6,10H,1-3H3. The monoisotopic (exact) mass is 151 g/mol. The molecule has 0 spiro atoms. The number of carbonyl (C=O) groups excluding carboxylic acids is 1. The molecule has 1 heterocycles. The van der Waals surface area contributed by atoms with Gasteiger partial charge in [0.15, 0.2) is 0 Å². The third-order valence-corrected chi connectivity index (χ3v) is 1.88. The zero-order valence-corrected chi connectivity index (χ0v) is 7.14. The molecule has 0 aliphatic heterocycles. The van der Waals surface area contributed by atoms with Crippen LogP contribution in [-0.2, 0) is 4.79 Å². The van der Waals surface area contributed by atoms with Crippen LogP contribution in [0.3, 0.4) is 0 Å². The van der Waals surface area contributed by atoms with Gasteiger partial charge in [0, 0.05) is 17.3 Å². The summed E-state index contributed by atoms with van der Waals surface area (Å²) < 4.78 is 0. The molecule has 0 fully saturated rings. The summed E-state index contributed by atoms with van der Waals surface area (Å²) in [7, 11) is 0. The first-order chi connectivity index (χ1) is 5.15. The van der Waals surface area contributed by atoms with Crippen molar-refractivity contribution in [2.45, 2.75) is 26.7 Å². The fourth-order valence-electron chi connectivity index (χ4n) is 1.29. The van der Waals surface area contributed by atoms with Crippen molar-refractivity contribution in [3.63, 3.8) is 0 Å². The predicted molar refractivity (Wildman–Crippen MR) is 44.7 cm³/mol. The molecule has 11 heavy (non-hydrogen) atoms. The molecule has 1 atom stereocenters. The van der Waals surface area contributed by atoms with Crippen LogP contribution >= 0.6 is 0 Å². The van der Waals surface area contributed by atoms with E-state index in [9.17, 15) is 4.79 Å². The smallest absolute Gasteiger partial charge is 0.127 e. The summed E-state index contributed by atoms with van der Waals surface area (Å²) >= 11 is 0. The van der Waals surface area contributed by atoms with E-state index >= 15 is 0 Å². The molecule has 2 heteroatoms. The average Bonchev–Trinajstić information content (AvgIpc) is 2.28. The summed E-state index contributed by atoms with van der Waals surface area (Å²) in [6.45, 7) is 5.89. The lowest BCUT2D eigenvalue weighted by Gasteiger charge is -1.99. The zero-order chi connectivity index (χ0) is 8.43. The fourth-order valence-corrected chi connectivity index (χ4v) is 1.29. The maximum Gasteiger partial charge on any atom is 0.127 e. The molecular weight excluding hydrogens is 138 g/mol. The fraction of sp³-hybridized carbons (Fsp3) is 0.444. The Bertz CT molecular complexity index is 263. The summed E-state index contributed by atoms with van der Waals surface area (Å²) in [6, 6.07) is 2.02. The molecule has 0 aromatic carbocycles. The molecule has 0 saturated carbocycles. The Labute approximate surface area is 66.6 Å². The van der Waals surface area contributed by atoms with Gasteiger partial charge in [0.25, 0.3) is 0 Å². The van der Waals surface area contributed by atoms with Crippen LogP contribution in [0.1, 0.15) is 29.8 Å². The SMILES string of the molecule is Cc1cc(C(C)C=O)c(C)[nH]1. The van der Waals surface area contributed by atoms with Crippen LogP contribution in [-0.4, -0.2) is 11.3 Å². The maximum atomic E-state index is 10.5. The molecule has 60 valence electrons. The number of nitrogens with one attached hydrogen (secondary N) is 1. The minimum Gasteiger partial charge on any atom is -0.362 e. The number of hydrogen-bond acceptors (Lipinski definition) is 1. The van der Waals surface area contributed by atoms with Crippen molar-refractivity contribution >= 4 is 6.29 Å². The van der Waals surface area contributed by atoms with Crippen LogP contribution in [0.4, 0.5) is 0 Å². The second-order valence-electron chi connectivity index (χ2n) is 2.96. The van der Waals surface area contributed by atoms with Gasteiger partial charge in [-0.25, -0.2) is 0 Å². The quantitative estimate of drug-likeness (QED) is 0.644. The number of hydrogen-bond donors (Lipinski definition) is 1. The van der Waals surface area contributed by atoms with Gasteiger partial charge in [-0.15, -0.1) is 0 Å². The van der Waals surface area contributed by atoms with Gasteiger partial charge < -0.3 is 9.78 Å². The van der Waals surface area contributed by atoms with E-state index in [1.165, 1.54) is 0 Å². The minimum atomic E-state index is 0.0138. The van der Waals surface area contributed by atoms with E-state index in [0.29, 0.717) is 0 Å². The van der Waals surface area contributed by atoms with Gasteiger partial charge in [-0.2, -0.15) is 0 Å². The van der Waals surface area contributed by atoms with E-state index in [2.05, 4.69) is 4.98 Å². The second kappa shape index (κ2) is 2.91. The number of aromatic amines is 1. The van der Waals surface area contributed by atoms with Gasteiger partial charge >= 0.3 is 0 Å². The van der Waals surface area contributed by atoms with Gasteiger partial charge in [0.2, 0.25) is 0 Å². The van der Waals surface area contributed by atoms with Crippen molar-refractivity contribution in [1.82, 2.24) is 4.98 Å². The molecule has 1 unspecified atom stereocenters. The Morgan fingerprint density at radius 1 is 1.55 bits per heavy atom. The number of aromatic nitrogens is 1. The molecule has 1 N–H and O–H groups in total. The van der Waals surface area contributed by atoms with Gasteiger partial charge in [0.1, 0.15) is 6.29 Å². The van der Waals surface area contributed by atoms with Crippen LogP contribution in [0.15, 0.2) is 6.07 Å². The molecule has 0 saturated heterocycles. The molecule has 1 aromatic rings. The second-order valence-corrected chi connectivity index (χ2v) is 2.96. The highest BCUT2D eigenvalue weighted by Crippen LogP contribution is 2.17. The van der Waals surface area contributed by atoms with E-state index in [1.807, 2.05) is 26.8 Å². The van der Waals surface area contributed by atoms with Crippen molar-refractivity contribution in [3.05, 3.63) is 23.0 Å². The topological polar surface area (TPSA) is 32.9 Å². The number of carbonyl (C=O) groups is 1. The van der Waals surface area contributed by atoms with Crippen molar-refractivity contribution in [3.8, 4) is 0 Å². The maximum absolute atomic E-state index is 10.5. The lowest BCUT2D eigenvalue weighted by atomic mass is 10.0. The molecule has 0 radical (unpaired) electrons. The average molecular weight is 151 g/mol. The first kappa shape index (κ1) is 8.05.